The Morgan fingerprint density at radius 3 is 2.48 bits per heavy atom. The minimum absolute atomic E-state index is 0.104. The summed E-state index contributed by atoms with van der Waals surface area (Å²) in [4.78, 5) is 40.0. The second kappa shape index (κ2) is 8.42. The number of non-ortho nitro benzene ring substituents is 1. The van der Waals surface area contributed by atoms with Crippen molar-refractivity contribution in [3.8, 4) is 5.75 Å². The Kier molecular flexibility index (Phi) is 5.52. The van der Waals surface area contributed by atoms with Gasteiger partial charge in [-0.2, -0.15) is 5.10 Å². The average Bonchev–Trinajstić information content (AvgIpc) is 3.05. The van der Waals surface area contributed by atoms with Crippen molar-refractivity contribution >= 4 is 28.4 Å². The molecule has 2 aromatic carbocycles. The van der Waals surface area contributed by atoms with Gasteiger partial charge >= 0.3 is 0 Å². The van der Waals surface area contributed by atoms with Crippen molar-refractivity contribution in [2.45, 2.75) is 6.42 Å². The van der Waals surface area contributed by atoms with Gasteiger partial charge in [0.25, 0.3) is 17.5 Å². The lowest BCUT2D eigenvalue weighted by Crippen LogP contribution is -2.37. The van der Waals surface area contributed by atoms with Gasteiger partial charge in [-0.05, 0) is 24.6 Å². The van der Waals surface area contributed by atoms with E-state index in [-0.39, 0.29) is 23.2 Å². The summed E-state index contributed by atoms with van der Waals surface area (Å²) in [7, 11) is 1.52. The van der Waals surface area contributed by atoms with Crippen LogP contribution in [0.2, 0.25) is 0 Å². The number of amides is 2. The van der Waals surface area contributed by atoms with Crippen LogP contribution in [0.15, 0.2) is 42.5 Å². The van der Waals surface area contributed by atoms with Gasteiger partial charge in [0.05, 0.1) is 23.1 Å². The molecule has 0 aliphatic carbocycles. The van der Waals surface area contributed by atoms with E-state index in [2.05, 4.69) is 10.2 Å². The highest BCUT2D eigenvalue weighted by atomic mass is 16.6. The molecule has 1 fully saturated rings. The van der Waals surface area contributed by atoms with Crippen molar-refractivity contribution < 1.29 is 19.2 Å². The summed E-state index contributed by atoms with van der Waals surface area (Å²) in [5, 5.41) is 18.3. The molecule has 1 saturated heterocycles. The first kappa shape index (κ1) is 20.3. The molecule has 31 heavy (non-hydrogen) atoms. The van der Waals surface area contributed by atoms with Crippen LogP contribution in [0.3, 0.4) is 0 Å². The number of hydrogen-bond donors (Lipinski definition) is 1. The van der Waals surface area contributed by atoms with Crippen LogP contribution in [0.5, 0.6) is 5.75 Å². The molecule has 10 nitrogen and oxygen atoms in total. The van der Waals surface area contributed by atoms with Crippen LogP contribution in [0, 0.1) is 10.1 Å². The molecule has 4 rings (SSSR count). The molecule has 0 bridgehead atoms. The Labute approximate surface area is 177 Å². The number of carbonyl (C=O) groups is 2. The molecule has 0 atom stereocenters. The molecule has 1 aromatic heterocycles. The van der Waals surface area contributed by atoms with E-state index in [4.69, 9.17) is 4.74 Å². The summed E-state index contributed by atoms with van der Waals surface area (Å²) in [5.41, 5.74) is 1.07. The predicted molar refractivity (Wildman–Crippen MR) is 112 cm³/mol. The third-order valence-corrected chi connectivity index (χ3v) is 5.37. The molecule has 0 saturated carbocycles. The standard InChI is InChI=1S/C21H21N5O5/c1-31-18-6-3-2-5-15(18)20(27)24-9-4-10-25(12-11-24)21(28)19-16-13-14(26(29)30)7-8-17(16)22-23-19/h2-3,5-8,13H,4,9-12H2,1H3,(H,22,23). The topological polar surface area (TPSA) is 122 Å². The van der Waals surface area contributed by atoms with Crippen molar-refractivity contribution in [3.05, 3.63) is 63.8 Å². The van der Waals surface area contributed by atoms with Crippen LogP contribution in [-0.2, 0) is 0 Å². The first-order valence-electron chi connectivity index (χ1n) is 9.83. The number of H-pyrrole nitrogens is 1. The van der Waals surface area contributed by atoms with Crippen molar-refractivity contribution in [1.82, 2.24) is 20.0 Å². The van der Waals surface area contributed by atoms with Crippen molar-refractivity contribution in [1.29, 1.82) is 0 Å². The number of nitrogens with one attached hydrogen (secondary N) is 1. The summed E-state index contributed by atoms with van der Waals surface area (Å²) in [6.07, 6.45) is 0.606. The normalized spacial score (nSPS) is 14.4. The van der Waals surface area contributed by atoms with E-state index in [9.17, 15) is 19.7 Å². The van der Waals surface area contributed by atoms with Crippen LogP contribution in [-0.4, -0.2) is 70.0 Å². The zero-order valence-corrected chi connectivity index (χ0v) is 16.9. The number of hydrogen-bond acceptors (Lipinski definition) is 6. The van der Waals surface area contributed by atoms with Gasteiger partial charge in [-0.25, -0.2) is 0 Å². The second-order valence-electron chi connectivity index (χ2n) is 7.20. The highest BCUT2D eigenvalue weighted by Gasteiger charge is 2.27. The second-order valence-corrected chi connectivity index (χ2v) is 7.20. The molecule has 2 heterocycles. The third kappa shape index (κ3) is 3.91. The number of rotatable bonds is 4. The number of nitrogens with zero attached hydrogens (tertiary/aromatic N) is 4. The molecular formula is C21H21N5O5. The number of fused-ring (bicyclic) bond motifs is 1. The quantitative estimate of drug-likeness (QED) is 0.508. The Balaban J connectivity index is 1.52. The maximum absolute atomic E-state index is 13.1. The van der Waals surface area contributed by atoms with Crippen LogP contribution >= 0.6 is 0 Å². The maximum atomic E-state index is 13.1. The lowest BCUT2D eigenvalue weighted by atomic mass is 10.1. The summed E-state index contributed by atoms with van der Waals surface area (Å²) >= 11 is 0. The fraction of sp³-hybridized carbons (Fsp3) is 0.286. The lowest BCUT2D eigenvalue weighted by molar-refractivity contribution is -0.384. The van der Waals surface area contributed by atoms with E-state index in [1.54, 1.807) is 34.1 Å². The number of methoxy groups -OCH3 is 1. The monoisotopic (exact) mass is 423 g/mol. The van der Waals surface area contributed by atoms with Crippen LogP contribution < -0.4 is 4.74 Å². The smallest absolute Gasteiger partial charge is 0.275 e. The van der Waals surface area contributed by atoms with Crippen LogP contribution in [0.4, 0.5) is 5.69 Å². The molecule has 0 unspecified atom stereocenters. The molecule has 0 radical (unpaired) electrons. The first-order valence-corrected chi connectivity index (χ1v) is 9.83. The Morgan fingerprint density at radius 2 is 1.77 bits per heavy atom. The van der Waals surface area contributed by atoms with Gasteiger partial charge in [0.15, 0.2) is 5.69 Å². The number of benzene rings is 2. The zero-order valence-electron chi connectivity index (χ0n) is 16.9. The molecule has 1 aliphatic rings. The number of aromatic amines is 1. The van der Waals surface area contributed by atoms with E-state index in [1.807, 2.05) is 0 Å². The van der Waals surface area contributed by atoms with E-state index in [1.165, 1.54) is 25.3 Å². The number of aromatic nitrogens is 2. The van der Waals surface area contributed by atoms with Crippen molar-refractivity contribution in [2.24, 2.45) is 0 Å². The van der Waals surface area contributed by atoms with Gasteiger partial charge in [0.2, 0.25) is 0 Å². The Morgan fingerprint density at radius 1 is 1.06 bits per heavy atom. The molecule has 3 aromatic rings. The number of ether oxygens (including phenoxy) is 1. The van der Waals surface area contributed by atoms with E-state index < -0.39 is 4.92 Å². The Bertz CT molecular complexity index is 1160. The Hall–Kier alpha value is -3.95. The fourth-order valence-electron chi connectivity index (χ4n) is 3.74. The molecule has 2 amide bonds. The maximum Gasteiger partial charge on any atom is 0.275 e. The van der Waals surface area contributed by atoms with Crippen molar-refractivity contribution in [2.75, 3.05) is 33.3 Å². The SMILES string of the molecule is COc1ccccc1C(=O)N1CCCN(C(=O)c2n[nH]c3ccc([N+](=O)[O-])cc23)CC1. The number of nitro benzene ring substituents is 1. The van der Waals surface area contributed by atoms with Gasteiger partial charge in [-0.3, -0.25) is 24.8 Å². The molecule has 160 valence electrons. The lowest BCUT2D eigenvalue weighted by Gasteiger charge is -2.22. The van der Waals surface area contributed by atoms with Gasteiger partial charge in [-0.1, -0.05) is 12.1 Å². The highest BCUT2D eigenvalue weighted by molar-refractivity contribution is 6.05. The van der Waals surface area contributed by atoms with Crippen LogP contribution in [0.25, 0.3) is 10.9 Å². The van der Waals surface area contributed by atoms with Gasteiger partial charge < -0.3 is 14.5 Å². The molecular weight excluding hydrogens is 402 g/mol. The average molecular weight is 423 g/mol. The summed E-state index contributed by atoms with van der Waals surface area (Å²) in [6, 6.07) is 11.3. The fourth-order valence-corrected chi connectivity index (χ4v) is 3.74. The van der Waals surface area contributed by atoms with Gasteiger partial charge in [0.1, 0.15) is 5.75 Å². The van der Waals surface area contributed by atoms with E-state index >= 15 is 0 Å². The first-order chi connectivity index (χ1) is 15.0. The van der Waals surface area contributed by atoms with E-state index in [0.717, 1.165) is 0 Å². The minimum Gasteiger partial charge on any atom is -0.496 e. The zero-order chi connectivity index (χ0) is 22.0. The summed E-state index contributed by atoms with van der Waals surface area (Å²) in [6.45, 7) is 1.67. The van der Waals surface area contributed by atoms with Crippen molar-refractivity contribution in [3.63, 3.8) is 0 Å². The minimum atomic E-state index is -0.506. The number of para-hydroxylation sites is 1. The highest BCUT2D eigenvalue weighted by Crippen LogP contribution is 2.24. The predicted octanol–water partition coefficient (Wildman–Crippen LogP) is 2.47. The molecule has 0 spiro atoms. The number of nitro groups is 1. The van der Waals surface area contributed by atoms with Gasteiger partial charge in [-0.15, -0.1) is 0 Å². The largest absolute Gasteiger partial charge is 0.496 e. The summed E-state index contributed by atoms with van der Waals surface area (Å²) < 4.78 is 5.29. The third-order valence-electron chi connectivity index (χ3n) is 5.37. The van der Waals surface area contributed by atoms with E-state index in [0.29, 0.717) is 54.8 Å². The molecule has 1 aliphatic heterocycles. The molecule has 1 N–H and O–H groups in total. The molecule has 10 heteroatoms. The number of carbonyl (C=O) groups excluding carboxylic acids is 2. The van der Waals surface area contributed by atoms with Crippen LogP contribution in [0.1, 0.15) is 27.3 Å². The van der Waals surface area contributed by atoms with Gasteiger partial charge in [0, 0.05) is 43.7 Å². The summed E-state index contributed by atoms with van der Waals surface area (Å²) in [5.74, 6) is 0.0418.